The molecule has 1 heterocycles. The van der Waals surface area contributed by atoms with Crippen molar-refractivity contribution in [1.82, 2.24) is 0 Å². The molecule has 1 aromatic heterocycles. The molecule has 0 spiro atoms. The summed E-state index contributed by atoms with van der Waals surface area (Å²) in [5.41, 5.74) is 1.58. The fourth-order valence-corrected chi connectivity index (χ4v) is 2.06. The molecule has 70 valence electrons. The SMILES string of the molecule is Cc1sccc1C(=O)c1ccccc1. The van der Waals surface area contributed by atoms with Gasteiger partial charge in [-0.3, -0.25) is 4.79 Å². The highest BCUT2D eigenvalue weighted by Gasteiger charge is 2.11. The van der Waals surface area contributed by atoms with E-state index < -0.39 is 0 Å². The highest BCUT2D eigenvalue weighted by atomic mass is 32.1. The second-order valence-electron chi connectivity index (χ2n) is 3.09. The van der Waals surface area contributed by atoms with E-state index in [1.807, 2.05) is 48.7 Å². The molecule has 0 amide bonds. The van der Waals surface area contributed by atoms with Gasteiger partial charge < -0.3 is 0 Å². The molecule has 0 aliphatic carbocycles. The highest BCUT2D eigenvalue weighted by Crippen LogP contribution is 2.18. The van der Waals surface area contributed by atoms with Crippen molar-refractivity contribution in [3.05, 3.63) is 57.8 Å². The van der Waals surface area contributed by atoms with Crippen molar-refractivity contribution in [2.45, 2.75) is 6.92 Å². The number of thiophene rings is 1. The normalized spacial score (nSPS) is 10.1. The summed E-state index contributed by atoms with van der Waals surface area (Å²) in [6, 6.07) is 11.3. The second-order valence-corrected chi connectivity index (χ2v) is 4.21. The van der Waals surface area contributed by atoms with Gasteiger partial charge in [-0.1, -0.05) is 30.3 Å². The minimum absolute atomic E-state index is 0.115. The van der Waals surface area contributed by atoms with E-state index in [2.05, 4.69) is 0 Å². The molecule has 0 aliphatic heterocycles. The van der Waals surface area contributed by atoms with Crippen molar-refractivity contribution >= 4 is 17.1 Å². The van der Waals surface area contributed by atoms with Gasteiger partial charge in [0.15, 0.2) is 5.78 Å². The summed E-state index contributed by atoms with van der Waals surface area (Å²) in [5, 5.41) is 1.95. The Morgan fingerprint density at radius 1 is 1.14 bits per heavy atom. The minimum Gasteiger partial charge on any atom is -0.289 e. The summed E-state index contributed by atoms with van der Waals surface area (Å²) >= 11 is 1.61. The lowest BCUT2D eigenvalue weighted by molar-refractivity contribution is 0.103. The van der Waals surface area contributed by atoms with E-state index >= 15 is 0 Å². The molecule has 14 heavy (non-hydrogen) atoms. The van der Waals surface area contributed by atoms with Crippen LogP contribution in [0.2, 0.25) is 0 Å². The molecule has 2 heteroatoms. The lowest BCUT2D eigenvalue weighted by Gasteiger charge is -1.98. The lowest BCUT2D eigenvalue weighted by atomic mass is 10.0. The third kappa shape index (κ3) is 1.61. The standard InChI is InChI=1S/C12H10OS/c1-9-11(7-8-14-9)12(13)10-5-3-2-4-6-10/h2-8H,1H3. The average Bonchev–Trinajstić information content (AvgIpc) is 2.65. The summed E-state index contributed by atoms with van der Waals surface area (Å²) in [6.07, 6.45) is 0. The Bertz CT molecular complexity index is 442. The van der Waals surface area contributed by atoms with E-state index in [0.717, 1.165) is 16.0 Å². The monoisotopic (exact) mass is 202 g/mol. The van der Waals surface area contributed by atoms with E-state index in [9.17, 15) is 4.79 Å². The van der Waals surface area contributed by atoms with Crippen LogP contribution in [0.3, 0.4) is 0 Å². The summed E-state index contributed by atoms with van der Waals surface area (Å²) in [4.78, 5) is 13.0. The molecular weight excluding hydrogens is 192 g/mol. The molecular formula is C12H10OS. The maximum atomic E-state index is 11.9. The molecule has 2 rings (SSSR count). The Morgan fingerprint density at radius 3 is 2.43 bits per heavy atom. The molecule has 0 saturated carbocycles. The summed E-state index contributed by atoms with van der Waals surface area (Å²) in [7, 11) is 0. The van der Waals surface area contributed by atoms with Crippen LogP contribution in [0.15, 0.2) is 41.8 Å². The van der Waals surface area contributed by atoms with Crippen molar-refractivity contribution in [3.8, 4) is 0 Å². The maximum absolute atomic E-state index is 11.9. The van der Waals surface area contributed by atoms with Gasteiger partial charge in [0.2, 0.25) is 0 Å². The maximum Gasteiger partial charge on any atom is 0.194 e. The number of carbonyl (C=O) groups is 1. The largest absolute Gasteiger partial charge is 0.289 e. The molecule has 1 nitrogen and oxygen atoms in total. The van der Waals surface area contributed by atoms with E-state index in [1.54, 1.807) is 11.3 Å². The number of rotatable bonds is 2. The Morgan fingerprint density at radius 2 is 1.86 bits per heavy atom. The zero-order chi connectivity index (χ0) is 9.97. The van der Waals surface area contributed by atoms with Crippen molar-refractivity contribution in [2.75, 3.05) is 0 Å². The lowest BCUT2D eigenvalue weighted by Crippen LogP contribution is -2.00. The highest BCUT2D eigenvalue weighted by molar-refractivity contribution is 7.10. The topological polar surface area (TPSA) is 17.1 Å². The number of benzene rings is 1. The van der Waals surface area contributed by atoms with Crippen LogP contribution in [0, 0.1) is 6.92 Å². The average molecular weight is 202 g/mol. The van der Waals surface area contributed by atoms with Crippen molar-refractivity contribution in [3.63, 3.8) is 0 Å². The molecule has 0 radical (unpaired) electrons. The zero-order valence-corrected chi connectivity index (χ0v) is 8.67. The minimum atomic E-state index is 0.115. The van der Waals surface area contributed by atoms with E-state index in [1.165, 1.54) is 0 Å². The van der Waals surface area contributed by atoms with Gasteiger partial charge in [-0.15, -0.1) is 11.3 Å². The second kappa shape index (κ2) is 3.76. The third-order valence-corrected chi connectivity index (χ3v) is 2.99. The number of ketones is 1. The van der Waals surface area contributed by atoms with Crippen molar-refractivity contribution in [1.29, 1.82) is 0 Å². The molecule has 0 saturated heterocycles. The van der Waals surface area contributed by atoms with Crippen LogP contribution in [-0.4, -0.2) is 5.78 Å². The smallest absolute Gasteiger partial charge is 0.194 e. The molecule has 0 atom stereocenters. The van der Waals surface area contributed by atoms with Gasteiger partial charge in [0, 0.05) is 16.0 Å². The number of carbonyl (C=O) groups excluding carboxylic acids is 1. The third-order valence-electron chi connectivity index (χ3n) is 2.14. The van der Waals surface area contributed by atoms with Crippen LogP contribution in [0.4, 0.5) is 0 Å². The predicted octanol–water partition coefficient (Wildman–Crippen LogP) is 3.29. The van der Waals surface area contributed by atoms with Gasteiger partial charge in [0.1, 0.15) is 0 Å². The van der Waals surface area contributed by atoms with Gasteiger partial charge in [0.25, 0.3) is 0 Å². The van der Waals surface area contributed by atoms with E-state index in [-0.39, 0.29) is 5.78 Å². The van der Waals surface area contributed by atoms with E-state index in [0.29, 0.717) is 0 Å². The first kappa shape index (κ1) is 9.16. The molecule has 0 bridgehead atoms. The predicted molar refractivity (Wildman–Crippen MR) is 58.9 cm³/mol. The first-order valence-electron chi connectivity index (χ1n) is 4.43. The number of hydrogen-bond donors (Lipinski definition) is 0. The Hall–Kier alpha value is -1.41. The van der Waals surface area contributed by atoms with Gasteiger partial charge in [-0.2, -0.15) is 0 Å². The molecule has 0 N–H and O–H groups in total. The van der Waals surface area contributed by atoms with Crippen molar-refractivity contribution < 1.29 is 4.79 Å². The van der Waals surface area contributed by atoms with Crippen LogP contribution in [-0.2, 0) is 0 Å². The first-order valence-corrected chi connectivity index (χ1v) is 5.31. The number of aryl methyl sites for hydroxylation is 1. The van der Waals surface area contributed by atoms with Gasteiger partial charge in [-0.25, -0.2) is 0 Å². The fourth-order valence-electron chi connectivity index (χ4n) is 1.37. The molecule has 1 aromatic carbocycles. The van der Waals surface area contributed by atoms with Gasteiger partial charge in [-0.05, 0) is 18.4 Å². The van der Waals surface area contributed by atoms with Crippen LogP contribution < -0.4 is 0 Å². The molecule has 0 fully saturated rings. The fraction of sp³-hybridized carbons (Fsp3) is 0.0833. The Kier molecular flexibility index (Phi) is 2.46. The summed E-state index contributed by atoms with van der Waals surface area (Å²) < 4.78 is 0. The van der Waals surface area contributed by atoms with E-state index in [4.69, 9.17) is 0 Å². The van der Waals surface area contributed by atoms with Crippen LogP contribution in [0.1, 0.15) is 20.8 Å². The Balaban J connectivity index is 2.39. The first-order chi connectivity index (χ1) is 6.79. The zero-order valence-electron chi connectivity index (χ0n) is 7.86. The Labute approximate surface area is 87.0 Å². The quantitative estimate of drug-likeness (QED) is 0.683. The summed E-state index contributed by atoms with van der Waals surface area (Å²) in [6.45, 7) is 1.97. The molecule has 0 unspecified atom stereocenters. The van der Waals surface area contributed by atoms with Crippen LogP contribution >= 0.6 is 11.3 Å². The molecule has 0 aliphatic rings. The van der Waals surface area contributed by atoms with Gasteiger partial charge >= 0.3 is 0 Å². The van der Waals surface area contributed by atoms with Crippen LogP contribution in [0.25, 0.3) is 0 Å². The summed E-state index contributed by atoms with van der Waals surface area (Å²) in [5.74, 6) is 0.115. The van der Waals surface area contributed by atoms with Crippen molar-refractivity contribution in [2.24, 2.45) is 0 Å². The number of hydrogen-bond acceptors (Lipinski definition) is 2. The van der Waals surface area contributed by atoms with Crippen LogP contribution in [0.5, 0.6) is 0 Å². The molecule has 2 aromatic rings. The van der Waals surface area contributed by atoms with Gasteiger partial charge in [0.05, 0.1) is 0 Å².